The van der Waals surface area contributed by atoms with Gasteiger partial charge in [-0.2, -0.15) is 0 Å². The van der Waals surface area contributed by atoms with Gasteiger partial charge in [0.05, 0.1) is 41.8 Å². The average Bonchev–Trinajstić information content (AvgIpc) is 0.855. The summed E-state index contributed by atoms with van der Waals surface area (Å²) in [6.45, 7) is 6.37. The number of phenolic OH excluding ortho intramolecular Hbond substituents is 1. The Balaban J connectivity index is 1.88. The predicted octanol–water partition coefficient (Wildman–Crippen LogP) is -8.50. The second kappa shape index (κ2) is 61.3. The van der Waals surface area contributed by atoms with Crippen LogP contribution in [-0.2, 0) is 110 Å². The van der Waals surface area contributed by atoms with Crippen LogP contribution >= 0.6 is 22.6 Å². The number of carboxylic acid groups (broad SMARTS) is 1. The van der Waals surface area contributed by atoms with Gasteiger partial charge in [-0.3, -0.25) is 97.1 Å². The maximum Gasteiger partial charge on any atom is 0.326 e. The predicted molar refractivity (Wildman–Crippen MR) is 499 cm³/mol. The van der Waals surface area contributed by atoms with Gasteiger partial charge in [0.25, 0.3) is 0 Å². The number of nitrogens with two attached hydrogens (primary N) is 7. The van der Waals surface area contributed by atoms with E-state index in [-0.39, 0.29) is 115 Å². The summed E-state index contributed by atoms with van der Waals surface area (Å²) >= 11 is 1.83. The summed E-state index contributed by atoms with van der Waals surface area (Å²) in [7, 11) is 0. The highest BCUT2D eigenvalue weighted by Crippen LogP contribution is 2.22. The smallest absolute Gasteiger partial charge is 0.326 e. The van der Waals surface area contributed by atoms with Crippen LogP contribution in [0.1, 0.15) is 148 Å². The summed E-state index contributed by atoms with van der Waals surface area (Å²) in [6.07, 6.45) is -3.31. The van der Waals surface area contributed by atoms with Crippen LogP contribution in [0.2, 0.25) is 0 Å². The Labute approximate surface area is 793 Å². The number of carboxylic acids is 1. The van der Waals surface area contributed by atoms with Gasteiger partial charge >= 0.3 is 5.97 Å². The van der Waals surface area contributed by atoms with E-state index in [2.05, 4.69) is 95.7 Å². The number of phenols is 1. The largest absolute Gasteiger partial charge is 0.507 e. The van der Waals surface area contributed by atoms with Gasteiger partial charge < -0.3 is 151 Å². The van der Waals surface area contributed by atoms with Crippen LogP contribution in [0.3, 0.4) is 0 Å². The molecule has 0 spiro atoms. The van der Waals surface area contributed by atoms with Gasteiger partial charge in [0, 0.05) is 32.4 Å². The number of carbonyl (C=O) groups is 19. The highest BCUT2D eigenvalue weighted by atomic mass is 127. The third kappa shape index (κ3) is 46.1. The molecular weight excluding hydrogens is 1880 g/mol. The van der Waals surface area contributed by atoms with Crippen molar-refractivity contribution in [3.63, 3.8) is 0 Å². The first-order valence-electron chi connectivity index (χ1n) is 43.8. The molecule has 3 aromatic rings. The van der Waals surface area contributed by atoms with Crippen molar-refractivity contribution in [2.24, 2.45) is 46.1 Å². The Morgan fingerprint density at radius 2 is 0.748 bits per heavy atom. The third-order valence-electron chi connectivity index (χ3n) is 20.4. The summed E-state index contributed by atoms with van der Waals surface area (Å²) in [5.74, 6) is -20.3. The highest BCUT2D eigenvalue weighted by molar-refractivity contribution is 14.1. The molecule has 37 N–H and O–H groups in total. The molecule has 0 fully saturated rings. The number of aromatic hydroxyl groups is 1. The van der Waals surface area contributed by atoms with Crippen molar-refractivity contribution in [2.75, 3.05) is 45.8 Å². The molecule has 3 aromatic carbocycles. The fraction of sp³-hybridized carbons (Fsp3) is 0.541. The normalized spacial score (nSPS) is 14.3. The lowest BCUT2D eigenvalue weighted by molar-refractivity contribution is -0.143. The van der Waals surface area contributed by atoms with Crippen LogP contribution < -0.4 is 136 Å². The number of unbranched alkanes of at least 4 members (excludes halogenated alkanes) is 2. The average molecular weight is 2010 g/mol. The zero-order chi connectivity index (χ0) is 101. The number of aliphatic hydroxyl groups is 1. The van der Waals surface area contributed by atoms with Gasteiger partial charge in [0.1, 0.15) is 84.3 Å². The van der Waals surface area contributed by atoms with E-state index >= 15 is 0 Å². The number of nitrogens with one attached hydrogen (secondary N) is 20. The molecule has 0 aliphatic rings. The number of aliphatic hydroxyl groups excluding tert-OH is 1. The number of amides is 18. The van der Waals surface area contributed by atoms with Crippen molar-refractivity contribution < 1.29 is 106 Å². The Morgan fingerprint density at radius 3 is 1.20 bits per heavy atom. The van der Waals surface area contributed by atoms with Crippen molar-refractivity contribution >= 4 is 147 Å². The lowest BCUT2D eigenvalue weighted by Gasteiger charge is -2.28. The van der Waals surface area contributed by atoms with Gasteiger partial charge in [-0.1, -0.05) is 80.6 Å². The van der Waals surface area contributed by atoms with Crippen LogP contribution in [0.15, 0.2) is 78.9 Å². The minimum atomic E-state index is -1.78. The Hall–Kier alpha value is -13.5. The van der Waals surface area contributed by atoms with Gasteiger partial charge in [0.15, 0.2) is 11.9 Å². The number of carbonyl (C=O) groups excluding carboxylic acids is 18. The summed E-state index contributed by atoms with van der Waals surface area (Å²) in [6, 6.07) is 0.184. The van der Waals surface area contributed by atoms with Crippen molar-refractivity contribution in [3.05, 3.63) is 99.1 Å². The first-order valence-corrected chi connectivity index (χ1v) is 44.9. The Kier molecular flexibility index (Phi) is 52.6. The topological polar surface area (TPSA) is 831 Å². The van der Waals surface area contributed by atoms with Gasteiger partial charge in [-0.15, -0.1) is 0 Å². The van der Waals surface area contributed by atoms with E-state index in [0.29, 0.717) is 27.5 Å². The Bertz CT molecular complexity index is 4540. The molecule has 15 atom stereocenters. The first kappa shape index (κ1) is 116. The number of benzene rings is 3. The number of hydrogen-bond acceptors (Lipinski definition) is 26. The number of rotatable bonds is 63. The van der Waals surface area contributed by atoms with E-state index in [1.54, 1.807) is 74.5 Å². The van der Waals surface area contributed by atoms with E-state index in [0.717, 1.165) is 12.5 Å². The van der Waals surface area contributed by atoms with E-state index in [4.69, 9.17) is 51.0 Å². The number of halogens is 1. The van der Waals surface area contributed by atoms with Gasteiger partial charge in [0.2, 0.25) is 106 Å². The van der Waals surface area contributed by atoms with Crippen LogP contribution in [0, 0.1) is 20.3 Å². The van der Waals surface area contributed by atoms with Crippen molar-refractivity contribution in [1.29, 1.82) is 10.8 Å². The third-order valence-corrected chi connectivity index (χ3v) is 21.2. The molecule has 3 rings (SSSR count). The molecule has 0 saturated carbocycles. The number of primary amides is 2. The van der Waals surface area contributed by atoms with E-state index < -0.39 is 254 Å². The lowest BCUT2D eigenvalue weighted by Crippen LogP contribution is -2.60. The molecule has 50 heteroatoms. The highest BCUT2D eigenvalue weighted by Gasteiger charge is 2.38. The maximum absolute atomic E-state index is 14.9. The fourth-order valence-corrected chi connectivity index (χ4v) is 13.6. The SMILES string of the molecule is CC(C)C[C@H](NC(=O)[C@H](CCCCN)NC(=O)[C@H](CCCNC(=N)N)NC(=O)[C@H](C)NC(=O)[C@H](Cc1ccc(O)c(I)c1)NC(=O)[C@H](CCCCN)NC(=O)[C@H](CCCNC(=N)N)NC(=O)[C@H](C)NC(=O)CNC(=O)[C@@H](NC(=O)[C@H](Cc1ccccc1)NC(=O)CNC(=O)CNC(=O)[C@@H](N)Cc1ccccc1)[C@@H](C)O)C(=O)N[C@@H](C)C(=O)N[C@@H](CC(N)=O)C(=O)N[C@@H](CCC(N)=O)C(=O)O. The van der Waals surface area contributed by atoms with Crippen LogP contribution in [0.25, 0.3) is 0 Å². The molecule has 0 aliphatic carbocycles. The second-order valence-corrected chi connectivity index (χ2v) is 33.6. The van der Waals surface area contributed by atoms with Crippen LogP contribution in [-0.4, -0.2) is 276 Å². The van der Waals surface area contributed by atoms with E-state index in [1.807, 2.05) is 22.6 Å². The quantitative estimate of drug-likeness (QED) is 0.0108. The van der Waals surface area contributed by atoms with Gasteiger partial charge in [-0.25, -0.2) is 4.79 Å². The molecule has 0 aliphatic heterocycles. The number of aliphatic carboxylic acids is 1. The molecule has 0 saturated heterocycles. The van der Waals surface area contributed by atoms with E-state index in [1.165, 1.54) is 39.0 Å². The van der Waals surface area contributed by atoms with Crippen molar-refractivity contribution in [3.8, 4) is 5.75 Å². The monoisotopic (exact) mass is 2010 g/mol. The fourth-order valence-electron chi connectivity index (χ4n) is 13.0. The molecule has 0 heterocycles. The summed E-state index contributed by atoms with van der Waals surface area (Å²) < 4.78 is 0.321. The molecule has 0 bridgehead atoms. The number of hydrogen-bond donors (Lipinski definition) is 30. The van der Waals surface area contributed by atoms with E-state index in [9.17, 15) is 106 Å². The number of guanidine groups is 2. The standard InChI is InChI=1S/C85H132IN27O22/c1-44(2)35-59(78(129)102-47(5)72(123)110-62(40-65(91)117)80(131)109-58(83(134)135)28-30-64(90)116)111-76(127)54(23-13-15-31-87)107-75(126)57(26-18-34-97-85(94)95)106-71(122)46(4)103-79(130)61(39-51-27-29-63(115)52(86)36-51)112-77(128)55(24-14-16-32-88)108-74(125)56(25-17-33-96-84(92)93)105-70(121)45(3)101-67(119)43-100-82(133)69(48(6)114)113-81(132)60(38-50-21-11-8-12-22-50)104-68(120)42-98-66(118)41-99-73(124)53(89)37-49-19-9-7-10-20-49/h7-12,19-22,27,29,36,44-48,53-62,69,114-115H,13-18,23-26,28,30-35,37-43,87-89H2,1-6H3,(H2,90,116)(H2,91,117)(H,98,118)(H,99,124)(H,100,133)(H,101,119)(H,102,129)(H,103,130)(H,104,120)(H,105,121)(H,106,122)(H,107,126)(H,108,125)(H,109,131)(H,110,123)(H,111,127)(H,112,128)(H,113,132)(H,134,135)(H4,92,93,96)(H4,94,95,97)/t45-,46-,47-,48+,53-,54-,55-,56-,57-,58-,59-,60-,61-,62-,69-/m0/s1. The molecule has 49 nitrogen and oxygen atoms in total. The minimum Gasteiger partial charge on any atom is -0.507 e. The molecule has 0 unspecified atom stereocenters. The van der Waals surface area contributed by atoms with Gasteiger partial charge in [-0.05, 0) is 182 Å². The molecule has 18 amide bonds. The summed E-state index contributed by atoms with van der Waals surface area (Å²) in [4.78, 5) is 258. The van der Waals surface area contributed by atoms with Crippen molar-refractivity contribution in [2.45, 2.75) is 241 Å². The molecular formula is C85H132IN27O22. The van der Waals surface area contributed by atoms with Crippen LogP contribution in [0.5, 0.6) is 5.75 Å². The first-order chi connectivity index (χ1) is 63.7. The summed E-state index contributed by atoms with van der Waals surface area (Å²) in [5.41, 5.74) is 40.9. The molecule has 746 valence electrons. The molecule has 135 heavy (non-hydrogen) atoms. The minimum absolute atomic E-state index is 0.0139. The zero-order valence-electron chi connectivity index (χ0n) is 76.2. The summed E-state index contributed by atoms with van der Waals surface area (Å²) in [5, 5.41) is 90.8. The lowest BCUT2D eigenvalue weighted by atomic mass is 10.0. The molecule has 0 aromatic heterocycles. The van der Waals surface area contributed by atoms with Crippen molar-refractivity contribution in [1.82, 2.24) is 95.7 Å². The molecule has 0 radical (unpaired) electrons. The zero-order valence-corrected chi connectivity index (χ0v) is 78.4. The second-order valence-electron chi connectivity index (χ2n) is 32.5. The Morgan fingerprint density at radius 1 is 0.370 bits per heavy atom. The maximum atomic E-state index is 14.9. The van der Waals surface area contributed by atoms with Crippen LogP contribution in [0.4, 0.5) is 0 Å².